The van der Waals surface area contributed by atoms with Gasteiger partial charge in [0, 0.05) is 16.7 Å². The number of carbonyl (C=O) groups excluding carboxylic acids is 2. The Bertz CT molecular complexity index is 862. The molecule has 9 atom stereocenters. The van der Waals surface area contributed by atoms with E-state index < -0.39 is 36.1 Å². The molecule has 1 heterocycles. The second-order valence-electron chi connectivity index (χ2n) is 10.7. The maximum Gasteiger partial charge on any atom is 0.193 e. The van der Waals surface area contributed by atoms with Crippen molar-refractivity contribution in [3.05, 3.63) is 23.8 Å². The van der Waals surface area contributed by atoms with Crippen LogP contribution in [0.15, 0.2) is 23.8 Å². The first-order valence-corrected chi connectivity index (χ1v) is 11.8. The predicted octanol–water partition coefficient (Wildman–Crippen LogP) is 2.72. The lowest BCUT2D eigenvalue weighted by Gasteiger charge is -2.59. The minimum atomic E-state index is -1.20. The molecule has 0 spiro atoms. The maximum absolute atomic E-state index is 13.2. The topological polar surface area (TPSA) is 93.1 Å². The first kappa shape index (κ1) is 21.5. The number of Topliss-reactive ketones (excluding diaryl/α,β-unsaturated/α-hetero) is 1. The molecule has 0 aromatic rings. The van der Waals surface area contributed by atoms with Crippen LogP contribution in [0.1, 0.15) is 59.3 Å². The molecule has 0 radical (unpaired) electrons. The van der Waals surface area contributed by atoms with Crippen LogP contribution in [0.2, 0.25) is 0 Å². The van der Waals surface area contributed by atoms with Crippen molar-refractivity contribution in [3.63, 3.8) is 0 Å². The summed E-state index contributed by atoms with van der Waals surface area (Å²) in [5, 5.41) is 21.4. The standard InChI is InChI=1S/C25H34O6/c1-4-5-21-30-20-11-17-16-7-6-14-10-15(27)8-9-23(14,2)22(16)18(28)12-24(17,3)25(20,31-21)19(29)13-26/h8-10,16-18,20-22,26,28H,4-7,11-13H2,1-3H3/t16-,17-,18-,20+,21+,22?,23-,24-,25+/m0/s1. The molecule has 1 aliphatic heterocycles. The Labute approximate surface area is 183 Å². The predicted molar refractivity (Wildman–Crippen MR) is 113 cm³/mol. The van der Waals surface area contributed by atoms with Crippen LogP contribution < -0.4 is 0 Å². The number of fused-ring (bicyclic) bond motifs is 7. The molecular weight excluding hydrogens is 396 g/mol. The van der Waals surface area contributed by atoms with Crippen LogP contribution in [-0.4, -0.2) is 52.5 Å². The van der Waals surface area contributed by atoms with Gasteiger partial charge in [0.15, 0.2) is 23.5 Å². The van der Waals surface area contributed by atoms with Gasteiger partial charge in [-0.1, -0.05) is 38.8 Å². The molecule has 0 aromatic heterocycles. The van der Waals surface area contributed by atoms with Crippen LogP contribution in [-0.2, 0) is 19.1 Å². The lowest BCUT2D eigenvalue weighted by Crippen LogP contribution is -2.63. The smallest absolute Gasteiger partial charge is 0.193 e. The number of rotatable bonds is 4. The Morgan fingerprint density at radius 2 is 2.10 bits per heavy atom. The molecule has 0 bridgehead atoms. The minimum absolute atomic E-state index is 0.0125. The van der Waals surface area contributed by atoms with E-state index in [0.717, 1.165) is 24.8 Å². The molecule has 31 heavy (non-hydrogen) atoms. The number of carbonyl (C=O) groups is 2. The number of hydrogen-bond acceptors (Lipinski definition) is 6. The molecule has 0 aromatic carbocycles. The monoisotopic (exact) mass is 430 g/mol. The highest BCUT2D eigenvalue weighted by Crippen LogP contribution is 2.69. The zero-order valence-corrected chi connectivity index (χ0v) is 18.7. The Balaban J connectivity index is 1.55. The summed E-state index contributed by atoms with van der Waals surface area (Å²) in [7, 11) is 0. The number of ketones is 2. The van der Waals surface area contributed by atoms with Gasteiger partial charge in [-0.15, -0.1) is 0 Å². The number of aliphatic hydroxyl groups excluding tert-OH is 2. The lowest BCUT2D eigenvalue weighted by atomic mass is 9.46. The highest BCUT2D eigenvalue weighted by molar-refractivity contribution is 6.01. The summed E-state index contributed by atoms with van der Waals surface area (Å²) in [4.78, 5) is 25.2. The zero-order chi connectivity index (χ0) is 22.2. The maximum atomic E-state index is 13.2. The van der Waals surface area contributed by atoms with Crippen LogP contribution in [0.3, 0.4) is 0 Å². The summed E-state index contributed by atoms with van der Waals surface area (Å²) < 4.78 is 12.7. The van der Waals surface area contributed by atoms with Gasteiger partial charge in [0.1, 0.15) is 6.61 Å². The molecule has 5 rings (SSSR count). The van der Waals surface area contributed by atoms with Crippen LogP contribution in [0.25, 0.3) is 0 Å². The number of allylic oxidation sites excluding steroid dienone is 4. The second kappa shape index (κ2) is 7.08. The molecule has 1 unspecified atom stereocenters. The molecule has 4 aliphatic carbocycles. The van der Waals surface area contributed by atoms with Gasteiger partial charge < -0.3 is 19.7 Å². The van der Waals surface area contributed by atoms with E-state index in [0.29, 0.717) is 19.3 Å². The molecule has 170 valence electrons. The van der Waals surface area contributed by atoms with Crippen molar-refractivity contribution in [2.45, 2.75) is 83.4 Å². The van der Waals surface area contributed by atoms with Gasteiger partial charge in [-0.05, 0) is 56.1 Å². The Kier molecular flexibility index (Phi) is 4.91. The van der Waals surface area contributed by atoms with E-state index in [-0.39, 0.29) is 34.7 Å². The Hall–Kier alpha value is -1.34. The van der Waals surface area contributed by atoms with Crippen molar-refractivity contribution in [2.75, 3.05) is 6.61 Å². The summed E-state index contributed by atoms with van der Waals surface area (Å²) in [6.07, 6.45) is 8.31. The first-order chi connectivity index (χ1) is 14.7. The molecule has 5 aliphatic rings. The fraction of sp³-hybridized carbons (Fsp3) is 0.760. The highest BCUT2D eigenvalue weighted by atomic mass is 16.7. The molecule has 1 saturated heterocycles. The van der Waals surface area contributed by atoms with Crippen LogP contribution in [0.4, 0.5) is 0 Å². The summed E-state index contributed by atoms with van der Waals surface area (Å²) >= 11 is 0. The van der Waals surface area contributed by atoms with Crippen molar-refractivity contribution in [1.29, 1.82) is 0 Å². The van der Waals surface area contributed by atoms with Crippen LogP contribution >= 0.6 is 0 Å². The molecule has 4 fully saturated rings. The van der Waals surface area contributed by atoms with E-state index in [4.69, 9.17) is 9.47 Å². The van der Waals surface area contributed by atoms with Crippen molar-refractivity contribution >= 4 is 11.6 Å². The average molecular weight is 431 g/mol. The van der Waals surface area contributed by atoms with Gasteiger partial charge in [0.25, 0.3) is 0 Å². The van der Waals surface area contributed by atoms with E-state index in [9.17, 15) is 19.8 Å². The fourth-order valence-corrected chi connectivity index (χ4v) is 8.12. The first-order valence-electron chi connectivity index (χ1n) is 11.8. The summed E-state index contributed by atoms with van der Waals surface area (Å²) in [5.41, 5.74) is -1.05. The third-order valence-corrected chi connectivity index (χ3v) is 9.37. The van der Waals surface area contributed by atoms with Crippen molar-refractivity contribution in [3.8, 4) is 0 Å². The number of hydrogen-bond donors (Lipinski definition) is 2. The molecule has 0 amide bonds. The lowest BCUT2D eigenvalue weighted by molar-refractivity contribution is -0.200. The van der Waals surface area contributed by atoms with E-state index >= 15 is 0 Å². The summed E-state index contributed by atoms with van der Waals surface area (Å²) in [6.45, 7) is 5.67. The number of ether oxygens (including phenoxy) is 2. The molecular formula is C25H34O6. The summed E-state index contributed by atoms with van der Waals surface area (Å²) in [6, 6.07) is 0. The van der Waals surface area contributed by atoms with E-state index in [1.165, 1.54) is 0 Å². The quantitative estimate of drug-likeness (QED) is 0.712. The van der Waals surface area contributed by atoms with Crippen molar-refractivity contribution in [2.24, 2.45) is 28.6 Å². The van der Waals surface area contributed by atoms with E-state index in [1.807, 2.05) is 6.08 Å². The van der Waals surface area contributed by atoms with Crippen molar-refractivity contribution in [1.82, 2.24) is 0 Å². The molecule has 3 saturated carbocycles. The Morgan fingerprint density at radius 1 is 1.32 bits per heavy atom. The summed E-state index contributed by atoms with van der Waals surface area (Å²) in [5.74, 6) is 0.0274. The average Bonchev–Trinajstić information content (AvgIpc) is 3.20. The third-order valence-electron chi connectivity index (χ3n) is 9.37. The fourth-order valence-electron chi connectivity index (χ4n) is 8.12. The van der Waals surface area contributed by atoms with Gasteiger partial charge in [0.2, 0.25) is 0 Å². The van der Waals surface area contributed by atoms with Crippen molar-refractivity contribution < 1.29 is 29.3 Å². The van der Waals surface area contributed by atoms with Crippen LogP contribution in [0, 0.1) is 28.6 Å². The molecule has 2 N–H and O–H groups in total. The minimum Gasteiger partial charge on any atom is -0.393 e. The van der Waals surface area contributed by atoms with Gasteiger partial charge in [-0.3, -0.25) is 9.59 Å². The highest BCUT2D eigenvalue weighted by Gasteiger charge is 2.75. The Morgan fingerprint density at radius 3 is 2.81 bits per heavy atom. The van der Waals surface area contributed by atoms with E-state index in [2.05, 4.69) is 20.8 Å². The van der Waals surface area contributed by atoms with Gasteiger partial charge in [-0.25, -0.2) is 0 Å². The normalized spacial score (nSPS) is 50.4. The van der Waals surface area contributed by atoms with Crippen LogP contribution in [0.5, 0.6) is 0 Å². The SMILES string of the molecule is CCC[C@@H]1O[C@@H]2C[C@H]3[C@@H]4CCC5=CC(=O)C=C[C@]5(C)C4[C@@H](O)C[C@]3(C)[C@]2(C(=O)CO)O1. The molecule has 6 heteroatoms. The largest absolute Gasteiger partial charge is 0.393 e. The third kappa shape index (κ3) is 2.65. The number of aliphatic hydroxyl groups is 2. The molecule has 6 nitrogen and oxygen atoms in total. The zero-order valence-electron chi connectivity index (χ0n) is 18.7. The van der Waals surface area contributed by atoms with Gasteiger partial charge >= 0.3 is 0 Å². The van der Waals surface area contributed by atoms with E-state index in [1.54, 1.807) is 12.2 Å². The van der Waals surface area contributed by atoms with Gasteiger partial charge in [-0.2, -0.15) is 0 Å². The van der Waals surface area contributed by atoms with Gasteiger partial charge in [0.05, 0.1) is 12.2 Å². The second-order valence-corrected chi connectivity index (χ2v) is 10.7.